The molecule has 0 saturated carbocycles. The van der Waals surface area contributed by atoms with Crippen molar-refractivity contribution in [3.05, 3.63) is 36.2 Å². The molecule has 0 amide bonds. The highest BCUT2D eigenvalue weighted by Gasteiger charge is 2.06. The van der Waals surface area contributed by atoms with Crippen molar-refractivity contribution in [1.29, 1.82) is 0 Å². The molecule has 1 aromatic carbocycles. The van der Waals surface area contributed by atoms with Crippen molar-refractivity contribution in [1.82, 2.24) is 9.78 Å². The van der Waals surface area contributed by atoms with Gasteiger partial charge in [-0.2, -0.15) is 5.10 Å². The summed E-state index contributed by atoms with van der Waals surface area (Å²) in [6.45, 7) is 1.96. The molecule has 15 heavy (non-hydrogen) atoms. The van der Waals surface area contributed by atoms with Gasteiger partial charge in [-0.15, -0.1) is 0 Å². The van der Waals surface area contributed by atoms with E-state index in [1.54, 1.807) is 36.2 Å². The summed E-state index contributed by atoms with van der Waals surface area (Å²) in [6.07, 6.45) is 3.63. The number of benzene rings is 1. The number of aryl methyl sites for hydroxylation is 1. The maximum Gasteiger partial charge on any atom is 0.144 e. The molecule has 0 atom stereocenters. The molecule has 78 valence electrons. The van der Waals surface area contributed by atoms with Crippen LogP contribution in [0, 0.1) is 6.92 Å². The molecule has 0 aliphatic heterocycles. The Morgan fingerprint density at radius 1 is 1.40 bits per heavy atom. The van der Waals surface area contributed by atoms with Crippen molar-refractivity contribution >= 4 is 0 Å². The minimum absolute atomic E-state index is 0.193. The van der Waals surface area contributed by atoms with Crippen LogP contribution in [0.25, 0.3) is 5.69 Å². The van der Waals surface area contributed by atoms with E-state index in [0.29, 0.717) is 5.75 Å². The van der Waals surface area contributed by atoms with E-state index in [1.165, 1.54) is 0 Å². The van der Waals surface area contributed by atoms with Crippen LogP contribution < -0.4 is 4.74 Å². The van der Waals surface area contributed by atoms with Crippen LogP contribution in [0.5, 0.6) is 11.5 Å². The minimum Gasteiger partial charge on any atom is -0.508 e. The van der Waals surface area contributed by atoms with Crippen molar-refractivity contribution in [3.63, 3.8) is 0 Å². The summed E-state index contributed by atoms with van der Waals surface area (Å²) >= 11 is 0. The summed E-state index contributed by atoms with van der Waals surface area (Å²) in [5.41, 5.74) is 1.78. The third-order valence-corrected chi connectivity index (χ3v) is 2.12. The van der Waals surface area contributed by atoms with Gasteiger partial charge in [0.1, 0.15) is 17.2 Å². The van der Waals surface area contributed by atoms with E-state index in [-0.39, 0.29) is 5.75 Å². The predicted molar refractivity (Wildman–Crippen MR) is 56.5 cm³/mol. The predicted octanol–water partition coefficient (Wildman–Crippen LogP) is 1.89. The van der Waals surface area contributed by atoms with Gasteiger partial charge in [0, 0.05) is 12.3 Å². The van der Waals surface area contributed by atoms with Gasteiger partial charge in [0.15, 0.2) is 0 Å². The number of phenolic OH excluding ortho intramolecular Hbond substituents is 1. The first-order chi connectivity index (χ1) is 7.20. The standard InChI is InChI=1S/C11H12N2O2/c1-8-6-12-13(7-8)10-5-9(14)3-4-11(10)15-2/h3-7,14H,1-2H3. The van der Waals surface area contributed by atoms with Gasteiger partial charge < -0.3 is 9.84 Å². The fraction of sp³-hybridized carbons (Fsp3) is 0.182. The number of hydrogen-bond donors (Lipinski definition) is 1. The molecule has 2 rings (SSSR count). The first-order valence-corrected chi connectivity index (χ1v) is 4.59. The van der Waals surface area contributed by atoms with Crippen LogP contribution in [0.2, 0.25) is 0 Å². The molecule has 1 N–H and O–H groups in total. The molecule has 0 spiro atoms. The van der Waals surface area contributed by atoms with E-state index in [2.05, 4.69) is 5.10 Å². The van der Waals surface area contributed by atoms with E-state index in [9.17, 15) is 5.11 Å². The molecule has 0 aliphatic carbocycles. The van der Waals surface area contributed by atoms with Crippen LogP contribution in [0.15, 0.2) is 30.6 Å². The molecule has 0 fully saturated rings. The highest BCUT2D eigenvalue weighted by Crippen LogP contribution is 2.26. The molecule has 0 aliphatic rings. The first kappa shape index (κ1) is 9.58. The Bertz CT molecular complexity index is 477. The van der Waals surface area contributed by atoms with Crippen LogP contribution in [0.3, 0.4) is 0 Å². The lowest BCUT2D eigenvalue weighted by Crippen LogP contribution is -1.97. The fourth-order valence-corrected chi connectivity index (χ4v) is 1.40. The summed E-state index contributed by atoms with van der Waals surface area (Å²) < 4.78 is 6.87. The van der Waals surface area contributed by atoms with Crippen LogP contribution in [0.4, 0.5) is 0 Å². The topological polar surface area (TPSA) is 47.3 Å². The number of phenols is 1. The summed E-state index contributed by atoms with van der Waals surface area (Å²) in [5, 5.41) is 13.6. The smallest absolute Gasteiger partial charge is 0.144 e. The zero-order valence-electron chi connectivity index (χ0n) is 8.64. The van der Waals surface area contributed by atoms with E-state index in [1.807, 2.05) is 13.1 Å². The Morgan fingerprint density at radius 2 is 2.20 bits per heavy atom. The van der Waals surface area contributed by atoms with Gasteiger partial charge in [0.25, 0.3) is 0 Å². The highest BCUT2D eigenvalue weighted by atomic mass is 16.5. The number of aromatic hydroxyl groups is 1. The molecular formula is C11H12N2O2. The van der Waals surface area contributed by atoms with E-state index < -0.39 is 0 Å². The van der Waals surface area contributed by atoms with Gasteiger partial charge in [-0.3, -0.25) is 0 Å². The monoisotopic (exact) mass is 204 g/mol. The Labute approximate surface area is 87.7 Å². The number of ether oxygens (including phenoxy) is 1. The molecule has 1 heterocycles. The van der Waals surface area contributed by atoms with E-state index in [0.717, 1.165) is 11.3 Å². The summed E-state index contributed by atoms with van der Waals surface area (Å²) in [5.74, 6) is 0.870. The summed E-state index contributed by atoms with van der Waals surface area (Å²) in [6, 6.07) is 4.91. The first-order valence-electron chi connectivity index (χ1n) is 4.59. The molecule has 2 aromatic rings. The minimum atomic E-state index is 0.193. The summed E-state index contributed by atoms with van der Waals surface area (Å²) in [7, 11) is 1.59. The third kappa shape index (κ3) is 1.79. The van der Waals surface area contributed by atoms with Gasteiger partial charge in [0.2, 0.25) is 0 Å². The van der Waals surface area contributed by atoms with Crippen LogP contribution in [-0.2, 0) is 0 Å². The third-order valence-electron chi connectivity index (χ3n) is 2.12. The van der Waals surface area contributed by atoms with Crippen LogP contribution in [-0.4, -0.2) is 22.0 Å². The average molecular weight is 204 g/mol. The number of hydrogen-bond acceptors (Lipinski definition) is 3. The molecular weight excluding hydrogens is 192 g/mol. The van der Waals surface area contributed by atoms with Gasteiger partial charge >= 0.3 is 0 Å². The van der Waals surface area contributed by atoms with Gasteiger partial charge in [0.05, 0.1) is 13.3 Å². The molecule has 1 aromatic heterocycles. The second-order valence-electron chi connectivity index (χ2n) is 3.32. The zero-order valence-corrected chi connectivity index (χ0v) is 8.64. The van der Waals surface area contributed by atoms with Crippen molar-refractivity contribution in [2.75, 3.05) is 7.11 Å². The van der Waals surface area contributed by atoms with Gasteiger partial charge in [-0.1, -0.05) is 0 Å². The Morgan fingerprint density at radius 3 is 2.80 bits per heavy atom. The van der Waals surface area contributed by atoms with Crippen molar-refractivity contribution in [2.45, 2.75) is 6.92 Å². The lowest BCUT2D eigenvalue weighted by atomic mass is 10.2. The van der Waals surface area contributed by atoms with Crippen molar-refractivity contribution in [2.24, 2.45) is 0 Å². The Balaban J connectivity index is 2.55. The van der Waals surface area contributed by atoms with Crippen molar-refractivity contribution < 1.29 is 9.84 Å². The molecule has 4 heteroatoms. The fourth-order valence-electron chi connectivity index (χ4n) is 1.40. The van der Waals surface area contributed by atoms with E-state index >= 15 is 0 Å². The SMILES string of the molecule is COc1ccc(O)cc1-n1cc(C)cn1. The van der Waals surface area contributed by atoms with Crippen LogP contribution in [0.1, 0.15) is 5.56 Å². The normalized spacial score (nSPS) is 10.3. The molecule has 0 bridgehead atoms. The molecule has 0 radical (unpaired) electrons. The Hall–Kier alpha value is -1.97. The number of nitrogens with zero attached hydrogens (tertiary/aromatic N) is 2. The maximum atomic E-state index is 9.40. The number of rotatable bonds is 2. The van der Waals surface area contributed by atoms with Gasteiger partial charge in [-0.05, 0) is 24.6 Å². The highest BCUT2D eigenvalue weighted by molar-refractivity contribution is 5.50. The summed E-state index contributed by atoms with van der Waals surface area (Å²) in [4.78, 5) is 0. The Kier molecular flexibility index (Phi) is 2.33. The maximum absolute atomic E-state index is 9.40. The molecule has 0 unspecified atom stereocenters. The zero-order chi connectivity index (χ0) is 10.8. The number of aromatic nitrogens is 2. The quantitative estimate of drug-likeness (QED) is 0.812. The average Bonchev–Trinajstić information content (AvgIpc) is 2.65. The number of methoxy groups -OCH3 is 1. The second-order valence-corrected chi connectivity index (χ2v) is 3.32. The molecule has 4 nitrogen and oxygen atoms in total. The molecule has 0 saturated heterocycles. The van der Waals surface area contributed by atoms with Crippen LogP contribution >= 0.6 is 0 Å². The second kappa shape index (κ2) is 3.65. The van der Waals surface area contributed by atoms with Crippen molar-refractivity contribution in [3.8, 4) is 17.2 Å². The lowest BCUT2D eigenvalue weighted by Gasteiger charge is -2.08. The lowest BCUT2D eigenvalue weighted by molar-refractivity contribution is 0.409. The largest absolute Gasteiger partial charge is 0.508 e. The van der Waals surface area contributed by atoms with Gasteiger partial charge in [-0.25, -0.2) is 4.68 Å². The van der Waals surface area contributed by atoms with E-state index in [4.69, 9.17) is 4.74 Å².